The number of nitrogens with zero attached hydrogens (tertiary/aromatic N) is 1. The first-order valence-electron chi connectivity index (χ1n) is 6.80. The molecular weight excluding hydrogens is 302 g/mol. The lowest BCUT2D eigenvalue weighted by molar-refractivity contribution is 0.238. The lowest BCUT2D eigenvalue weighted by Crippen LogP contribution is -2.35. The van der Waals surface area contributed by atoms with Crippen molar-refractivity contribution in [2.75, 3.05) is 0 Å². The van der Waals surface area contributed by atoms with Gasteiger partial charge in [-0.15, -0.1) is 0 Å². The van der Waals surface area contributed by atoms with Gasteiger partial charge in [-0.25, -0.2) is 4.79 Å². The molecule has 0 aliphatic rings. The van der Waals surface area contributed by atoms with E-state index >= 15 is 0 Å². The summed E-state index contributed by atoms with van der Waals surface area (Å²) >= 11 is 6.01. The Morgan fingerprint density at radius 2 is 2.00 bits per heavy atom. The molecule has 3 aromatic rings. The number of amides is 1. The van der Waals surface area contributed by atoms with Crippen molar-refractivity contribution in [1.82, 2.24) is 15.1 Å². The van der Waals surface area contributed by atoms with Gasteiger partial charge in [0, 0.05) is 6.54 Å². The summed E-state index contributed by atoms with van der Waals surface area (Å²) in [5.41, 5.74) is 2.15. The van der Waals surface area contributed by atoms with Crippen molar-refractivity contribution in [3.63, 3.8) is 0 Å². The predicted octanol–water partition coefficient (Wildman–Crippen LogP) is 3.05. The van der Waals surface area contributed by atoms with E-state index in [0.29, 0.717) is 22.5 Å². The fourth-order valence-corrected chi connectivity index (χ4v) is 2.57. The molecule has 112 valence electrons. The summed E-state index contributed by atoms with van der Waals surface area (Å²) in [6.45, 7) is 2.32. The van der Waals surface area contributed by atoms with Crippen molar-refractivity contribution in [2.45, 2.75) is 13.5 Å². The molecule has 2 aromatic carbocycles. The first kappa shape index (κ1) is 14.4. The largest absolute Gasteiger partial charge is 0.343 e. The highest BCUT2D eigenvalue weighted by atomic mass is 35.5. The Labute approximate surface area is 131 Å². The second-order valence-electron chi connectivity index (χ2n) is 5.00. The number of fused-ring (bicyclic) bond motifs is 1. The zero-order chi connectivity index (χ0) is 15.7. The van der Waals surface area contributed by atoms with Crippen LogP contribution in [0.25, 0.3) is 10.9 Å². The normalized spacial score (nSPS) is 10.8. The molecule has 0 radical (unpaired) electrons. The van der Waals surface area contributed by atoms with Crippen LogP contribution in [0.3, 0.4) is 0 Å². The predicted molar refractivity (Wildman–Crippen MR) is 86.4 cm³/mol. The third-order valence-corrected chi connectivity index (χ3v) is 3.87. The Hall–Kier alpha value is -2.53. The summed E-state index contributed by atoms with van der Waals surface area (Å²) < 4.78 is 0.939. The molecule has 1 aromatic heterocycles. The molecule has 0 saturated carbocycles. The monoisotopic (exact) mass is 315 g/mol. The van der Waals surface area contributed by atoms with E-state index in [0.717, 1.165) is 15.8 Å². The van der Waals surface area contributed by atoms with Gasteiger partial charge in [-0.2, -0.15) is 4.68 Å². The van der Waals surface area contributed by atoms with E-state index in [2.05, 4.69) is 10.4 Å². The molecule has 6 heteroatoms. The van der Waals surface area contributed by atoms with Gasteiger partial charge in [0.05, 0.1) is 15.9 Å². The molecule has 5 nitrogen and oxygen atoms in total. The van der Waals surface area contributed by atoms with E-state index in [9.17, 15) is 9.59 Å². The molecule has 0 unspecified atom stereocenters. The molecule has 2 N–H and O–H groups in total. The lowest BCUT2D eigenvalue weighted by atomic mass is 10.1. The van der Waals surface area contributed by atoms with Gasteiger partial charge in [0.2, 0.25) is 0 Å². The Morgan fingerprint density at radius 3 is 2.73 bits per heavy atom. The van der Waals surface area contributed by atoms with Crippen molar-refractivity contribution >= 4 is 28.5 Å². The number of hydrogen-bond donors (Lipinski definition) is 2. The van der Waals surface area contributed by atoms with Crippen LogP contribution in [0.5, 0.6) is 0 Å². The van der Waals surface area contributed by atoms with Gasteiger partial charge in [-0.1, -0.05) is 41.9 Å². The maximum atomic E-state index is 12.3. The minimum atomic E-state index is -0.513. The van der Waals surface area contributed by atoms with Crippen LogP contribution >= 0.6 is 11.6 Å². The van der Waals surface area contributed by atoms with Crippen LogP contribution in [0.2, 0.25) is 5.02 Å². The lowest BCUT2D eigenvalue weighted by Gasteiger charge is -2.07. The molecule has 0 aliphatic carbocycles. The second-order valence-corrected chi connectivity index (χ2v) is 5.41. The van der Waals surface area contributed by atoms with Crippen molar-refractivity contribution in [2.24, 2.45) is 0 Å². The van der Waals surface area contributed by atoms with Crippen LogP contribution in [0.1, 0.15) is 11.1 Å². The van der Waals surface area contributed by atoms with Crippen molar-refractivity contribution in [3.05, 3.63) is 69.0 Å². The van der Waals surface area contributed by atoms with E-state index < -0.39 is 11.6 Å². The van der Waals surface area contributed by atoms with E-state index in [1.54, 1.807) is 18.2 Å². The number of carbonyl (C=O) groups is 1. The molecule has 0 fully saturated rings. The number of rotatable bonds is 2. The fourth-order valence-electron chi connectivity index (χ4n) is 2.32. The zero-order valence-corrected chi connectivity index (χ0v) is 12.6. The van der Waals surface area contributed by atoms with Gasteiger partial charge in [0.15, 0.2) is 0 Å². The number of benzene rings is 2. The number of aromatic nitrogens is 2. The fraction of sp³-hybridized carbons (Fsp3) is 0.125. The SMILES string of the molecule is Cc1ccccc1CNC(=O)n1[nH]c2cccc(Cl)c2c1=O. The molecule has 0 atom stereocenters. The summed E-state index contributed by atoms with van der Waals surface area (Å²) in [5, 5.41) is 6.13. The van der Waals surface area contributed by atoms with Crippen LogP contribution in [0.15, 0.2) is 47.3 Å². The van der Waals surface area contributed by atoms with Gasteiger partial charge in [0.25, 0.3) is 5.56 Å². The topological polar surface area (TPSA) is 66.9 Å². The number of hydrogen-bond acceptors (Lipinski definition) is 2. The minimum absolute atomic E-state index is 0.315. The number of aryl methyl sites for hydroxylation is 1. The summed E-state index contributed by atoms with van der Waals surface area (Å²) in [5.74, 6) is 0. The summed E-state index contributed by atoms with van der Waals surface area (Å²) in [6.07, 6.45) is 0. The van der Waals surface area contributed by atoms with Gasteiger partial charge >= 0.3 is 6.03 Å². The van der Waals surface area contributed by atoms with Crippen molar-refractivity contribution in [1.29, 1.82) is 0 Å². The molecule has 1 amide bonds. The Balaban J connectivity index is 1.87. The molecule has 22 heavy (non-hydrogen) atoms. The van der Waals surface area contributed by atoms with Crippen molar-refractivity contribution in [3.8, 4) is 0 Å². The van der Waals surface area contributed by atoms with Gasteiger partial charge in [-0.3, -0.25) is 9.89 Å². The van der Waals surface area contributed by atoms with E-state index in [4.69, 9.17) is 11.6 Å². The van der Waals surface area contributed by atoms with E-state index in [1.165, 1.54) is 0 Å². The number of halogens is 1. The Bertz CT molecular complexity index is 911. The summed E-state index contributed by atoms with van der Waals surface area (Å²) in [6, 6.07) is 12.3. The average Bonchev–Trinajstić information content (AvgIpc) is 2.85. The van der Waals surface area contributed by atoms with Crippen LogP contribution in [-0.4, -0.2) is 15.8 Å². The van der Waals surface area contributed by atoms with Crippen molar-refractivity contribution < 1.29 is 4.79 Å². The third kappa shape index (κ3) is 2.51. The zero-order valence-electron chi connectivity index (χ0n) is 11.9. The van der Waals surface area contributed by atoms with E-state index in [-0.39, 0.29) is 0 Å². The highest BCUT2D eigenvalue weighted by Crippen LogP contribution is 2.18. The highest BCUT2D eigenvalue weighted by Gasteiger charge is 2.14. The first-order valence-corrected chi connectivity index (χ1v) is 7.17. The first-order chi connectivity index (χ1) is 10.6. The second kappa shape index (κ2) is 5.69. The molecule has 0 bridgehead atoms. The number of aromatic amines is 1. The molecular formula is C16H14ClN3O2. The summed E-state index contributed by atoms with van der Waals surface area (Å²) in [4.78, 5) is 24.5. The maximum Gasteiger partial charge on any atom is 0.343 e. The molecule has 3 rings (SSSR count). The molecule has 1 heterocycles. The molecule has 0 spiro atoms. The van der Waals surface area contributed by atoms with Crippen LogP contribution < -0.4 is 10.9 Å². The Kier molecular flexibility index (Phi) is 3.73. The van der Waals surface area contributed by atoms with Gasteiger partial charge < -0.3 is 5.32 Å². The summed E-state index contributed by atoms with van der Waals surface area (Å²) in [7, 11) is 0. The number of carbonyl (C=O) groups excluding carboxylic acids is 1. The van der Waals surface area contributed by atoms with Crippen LogP contribution in [-0.2, 0) is 6.54 Å². The molecule has 0 aliphatic heterocycles. The average molecular weight is 316 g/mol. The third-order valence-electron chi connectivity index (χ3n) is 3.56. The van der Waals surface area contributed by atoms with Crippen LogP contribution in [0.4, 0.5) is 4.79 Å². The standard InChI is InChI=1S/C16H14ClN3O2/c1-10-5-2-3-6-11(10)9-18-16(22)20-15(21)14-12(17)7-4-8-13(14)19-20/h2-8,19H,9H2,1H3,(H,18,22). The van der Waals surface area contributed by atoms with E-state index in [1.807, 2.05) is 31.2 Å². The van der Waals surface area contributed by atoms with Gasteiger partial charge in [0.1, 0.15) is 0 Å². The van der Waals surface area contributed by atoms with Gasteiger partial charge in [-0.05, 0) is 30.2 Å². The number of nitrogens with one attached hydrogen (secondary N) is 2. The maximum absolute atomic E-state index is 12.3. The minimum Gasteiger partial charge on any atom is -0.332 e. The van der Waals surface area contributed by atoms with Crippen LogP contribution in [0, 0.1) is 6.92 Å². The highest BCUT2D eigenvalue weighted by molar-refractivity contribution is 6.35. The Morgan fingerprint density at radius 1 is 1.23 bits per heavy atom. The smallest absolute Gasteiger partial charge is 0.332 e. The molecule has 0 saturated heterocycles. The number of H-pyrrole nitrogens is 1. The quantitative estimate of drug-likeness (QED) is 0.763.